The van der Waals surface area contributed by atoms with Gasteiger partial charge >= 0.3 is 0 Å². The van der Waals surface area contributed by atoms with Gasteiger partial charge in [-0.25, -0.2) is 0 Å². The number of halogens is 2. The van der Waals surface area contributed by atoms with Crippen molar-refractivity contribution in [3.8, 4) is 5.75 Å². The van der Waals surface area contributed by atoms with Crippen molar-refractivity contribution in [3.63, 3.8) is 0 Å². The normalized spacial score (nSPS) is 16.4. The lowest BCUT2D eigenvalue weighted by molar-refractivity contribution is 0.340. The minimum Gasteiger partial charge on any atom is -0.492 e. The van der Waals surface area contributed by atoms with E-state index in [1.807, 2.05) is 19.1 Å². The average Bonchev–Trinajstić information content (AvgIpc) is 3.17. The maximum atomic E-state index is 6.39. The van der Waals surface area contributed by atoms with E-state index in [-0.39, 0.29) is 6.04 Å². The Morgan fingerprint density at radius 2 is 2.00 bits per heavy atom. The summed E-state index contributed by atoms with van der Waals surface area (Å²) >= 11 is 12.7. The summed E-state index contributed by atoms with van der Waals surface area (Å²) in [6.45, 7) is 5.57. The topological polar surface area (TPSA) is 21.3 Å². The standard InChI is InChI=1S/C15H21Cl2NO/c1-3-18-14(7-10-5-6-10)11-8-13(17)15(19-4-2)9-12(11)16/h8-10,14,18H,3-7H2,1-2H3. The van der Waals surface area contributed by atoms with Crippen LogP contribution in [0.25, 0.3) is 0 Å². The highest BCUT2D eigenvalue weighted by Crippen LogP contribution is 2.41. The number of ether oxygens (including phenoxy) is 1. The minimum absolute atomic E-state index is 0.290. The van der Waals surface area contributed by atoms with Crippen molar-refractivity contribution >= 4 is 23.2 Å². The van der Waals surface area contributed by atoms with Gasteiger partial charge in [-0.2, -0.15) is 0 Å². The van der Waals surface area contributed by atoms with E-state index in [9.17, 15) is 0 Å². The quantitative estimate of drug-likeness (QED) is 0.778. The number of hydrogen-bond donors (Lipinski definition) is 1. The molecule has 1 aliphatic carbocycles. The zero-order chi connectivity index (χ0) is 13.8. The average molecular weight is 302 g/mol. The van der Waals surface area contributed by atoms with Crippen LogP contribution in [-0.2, 0) is 0 Å². The van der Waals surface area contributed by atoms with E-state index in [4.69, 9.17) is 27.9 Å². The van der Waals surface area contributed by atoms with Gasteiger partial charge in [-0.1, -0.05) is 43.0 Å². The summed E-state index contributed by atoms with van der Waals surface area (Å²) in [5.41, 5.74) is 1.09. The highest BCUT2D eigenvalue weighted by Gasteiger charge is 2.27. The van der Waals surface area contributed by atoms with Gasteiger partial charge in [-0.05, 0) is 37.4 Å². The van der Waals surface area contributed by atoms with Crippen LogP contribution in [-0.4, -0.2) is 13.2 Å². The number of rotatable bonds is 7. The molecule has 4 heteroatoms. The Morgan fingerprint density at radius 3 is 2.58 bits per heavy atom. The van der Waals surface area contributed by atoms with E-state index < -0.39 is 0 Å². The van der Waals surface area contributed by atoms with Gasteiger partial charge in [0.1, 0.15) is 5.75 Å². The van der Waals surface area contributed by atoms with Crippen LogP contribution in [0, 0.1) is 5.92 Å². The molecular weight excluding hydrogens is 281 g/mol. The zero-order valence-electron chi connectivity index (χ0n) is 11.5. The van der Waals surface area contributed by atoms with Crippen LogP contribution in [0.4, 0.5) is 0 Å². The smallest absolute Gasteiger partial charge is 0.139 e. The molecule has 1 atom stereocenters. The van der Waals surface area contributed by atoms with Crippen LogP contribution < -0.4 is 10.1 Å². The van der Waals surface area contributed by atoms with Crippen molar-refractivity contribution < 1.29 is 4.74 Å². The van der Waals surface area contributed by atoms with E-state index in [1.54, 1.807) is 0 Å². The molecule has 1 N–H and O–H groups in total. The summed E-state index contributed by atoms with van der Waals surface area (Å²) < 4.78 is 5.47. The Balaban J connectivity index is 2.22. The van der Waals surface area contributed by atoms with Crippen LogP contribution >= 0.6 is 23.2 Å². The second kappa shape index (κ2) is 6.83. The van der Waals surface area contributed by atoms with Gasteiger partial charge in [0.05, 0.1) is 11.6 Å². The zero-order valence-corrected chi connectivity index (χ0v) is 13.0. The number of hydrogen-bond acceptors (Lipinski definition) is 2. The molecule has 0 heterocycles. The Bertz CT molecular complexity index is 432. The van der Waals surface area contributed by atoms with Crippen molar-refractivity contribution in [3.05, 3.63) is 27.7 Å². The van der Waals surface area contributed by atoms with Crippen LogP contribution in [0.15, 0.2) is 12.1 Å². The Kier molecular flexibility index (Phi) is 5.37. The molecule has 1 saturated carbocycles. The summed E-state index contributed by atoms with van der Waals surface area (Å²) in [7, 11) is 0. The van der Waals surface area contributed by atoms with Crippen LogP contribution in [0.5, 0.6) is 5.75 Å². The lowest BCUT2D eigenvalue weighted by Gasteiger charge is -2.20. The Hall–Kier alpha value is -0.440. The SMILES string of the molecule is CCNC(CC1CC1)c1cc(Cl)c(OCC)cc1Cl. The summed E-state index contributed by atoms with van der Waals surface area (Å²) in [6, 6.07) is 4.07. The molecule has 1 aromatic carbocycles. The van der Waals surface area contributed by atoms with Gasteiger partial charge in [0, 0.05) is 17.1 Å². The third-order valence-electron chi connectivity index (χ3n) is 3.44. The lowest BCUT2D eigenvalue weighted by Crippen LogP contribution is -2.21. The summed E-state index contributed by atoms with van der Waals surface area (Å²) in [5.74, 6) is 1.50. The molecule has 0 spiro atoms. The van der Waals surface area contributed by atoms with E-state index in [1.165, 1.54) is 12.8 Å². The van der Waals surface area contributed by atoms with E-state index in [0.717, 1.165) is 29.5 Å². The Morgan fingerprint density at radius 1 is 1.26 bits per heavy atom. The highest BCUT2D eigenvalue weighted by atomic mass is 35.5. The van der Waals surface area contributed by atoms with Gasteiger partial charge < -0.3 is 10.1 Å². The second-order valence-electron chi connectivity index (χ2n) is 5.03. The van der Waals surface area contributed by atoms with Gasteiger partial charge in [0.25, 0.3) is 0 Å². The molecule has 106 valence electrons. The molecule has 0 bridgehead atoms. The first-order chi connectivity index (χ1) is 9.15. The van der Waals surface area contributed by atoms with E-state index in [2.05, 4.69) is 12.2 Å². The fourth-order valence-corrected chi connectivity index (χ4v) is 2.84. The molecule has 0 aromatic heterocycles. The number of nitrogens with one attached hydrogen (secondary N) is 1. The van der Waals surface area contributed by atoms with E-state index in [0.29, 0.717) is 17.4 Å². The van der Waals surface area contributed by atoms with Gasteiger partial charge in [-0.15, -0.1) is 0 Å². The molecule has 1 aromatic rings. The van der Waals surface area contributed by atoms with Crippen molar-refractivity contribution in [1.29, 1.82) is 0 Å². The molecule has 0 radical (unpaired) electrons. The molecule has 2 rings (SSSR count). The molecule has 1 aliphatic rings. The maximum absolute atomic E-state index is 6.39. The first kappa shape index (κ1) is 15.0. The summed E-state index contributed by atoms with van der Waals surface area (Å²) in [6.07, 6.45) is 3.81. The molecule has 0 saturated heterocycles. The van der Waals surface area contributed by atoms with Crippen molar-refractivity contribution in [2.24, 2.45) is 5.92 Å². The first-order valence-corrected chi connectivity index (χ1v) is 7.76. The fraction of sp³-hybridized carbons (Fsp3) is 0.600. The van der Waals surface area contributed by atoms with Crippen molar-refractivity contribution in [2.75, 3.05) is 13.2 Å². The second-order valence-corrected chi connectivity index (χ2v) is 5.84. The fourth-order valence-electron chi connectivity index (χ4n) is 2.33. The molecule has 0 amide bonds. The third kappa shape index (κ3) is 4.01. The lowest BCUT2D eigenvalue weighted by atomic mass is 10.0. The molecule has 2 nitrogen and oxygen atoms in total. The molecule has 0 aliphatic heterocycles. The van der Waals surface area contributed by atoms with Gasteiger partial charge in [-0.3, -0.25) is 0 Å². The molecule has 19 heavy (non-hydrogen) atoms. The van der Waals surface area contributed by atoms with Crippen molar-refractivity contribution in [1.82, 2.24) is 5.32 Å². The van der Waals surface area contributed by atoms with Gasteiger partial charge in [0.2, 0.25) is 0 Å². The van der Waals surface area contributed by atoms with Gasteiger partial charge in [0.15, 0.2) is 0 Å². The summed E-state index contributed by atoms with van der Waals surface area (Å²) in [4.78, 5) is 0. The predicted molar refractivity (Wildman–Crippen MR) is 81.4 cm³/mol. The maximum Gasteiger partial charge on any atom is 0.139 e. The largest absolute Gasteiger partial charge is 0.492 e. The van der Waals surface area contributed by atoms with E-state index >= 15 is 0 Å². The minimum atomic E-state index is 0.290. The monoisotopic (exact) mass is 301 g/mol. The number of benzene rings is 1. The van der Waals surface area contributed by atoms with Crippen LogP contribution in [0.1, 0.15) is 44.7 Å². The van der Waals surface area contributed by atoms with Crippen LogP contribution in [0.2, 0.25) is 10.0 Å². The first-order valence-electron chi connectivity index (χ1n) is 7.00. The Labute approximate surface area is 125 Å². The predicted octanol–water partition coefficient (Wildman–Crippen LogP) is 4.84. The van der Waals surface area contributed by atoms with Crippen molar-refractivity contribution in [2.45, 2.75) is 39.2 Å². The summed E-state index contributed by atoms with van der Waals surface area (Å²) in [5, 5.41) is 4.88. The molecule has 1 fully saturated rings. The van der Waals surface area contributed by atoms with Crippen LogP contribution in [0.3, 0.4) is 0 Å². The molecular formula is C15H21Cl2NO. The highest BCUT2D eigenvalue weighted by molar-refractivity contribution is 6.34. The molecule has 1 unspecified atom stereocenters. The third-order valence-corrected chi connectivity index (χ3v) is 4.07.